The number of nitrogens with zero attached hydrogens (tertiary/aromatic N) is 3. The fourth-order valence-corrected chi connectivity index (χ4v) is 2.22. The Labute approximate surface area is 124 Å². The van der Waals surface area contributed by atoms with Gasteiger partial charge in [-0.05, 0) is 12.5 Å². The molecule has 0 aliphatic heterocycles. The number of aromatic nitrogens is 2. The van der Waals surface area contributed by atoms with E-state index in [-0.39, 0.29) is 11.8 Å². The predicted molar refractivity (Wildman–Crippen MR) is 82.2 cm³/mol. The number of aryl methyl sites for hydroxylation is 1. The Balaban J connectivity index is 2.02. The molecule has 4 N–H and O–H groups in total. The van der Waals surface area contributed by atoms with Crippen LogP contribution in [0.25, 0.3) is 0 Å². The van der Waals surface area contributed by atoms with Gasteiger partial charge >= 0.3 is 0 Å². The Kier molecular flexibility index (Phi) is 4.94. The fraction of sp³-hybridized carbons (Fsp3) is 0.333. The molecule has 0 amide bonds. The van der Waals surface area contributed by atoms with E-state index in [1.807, 2.05) is 55.2 Å². The third-order valence-corrected chi connectivity index (χ3v) is 3.68. The standard InChI is InChI=1S/C15H21N5O/c1-11-13(9-18-20(11)2)8-17-10-14(15(16)19-21)12-6-4-3-5-7-12/h3-7,9,14,17,21H,8,10H2,1-2H3,(H2,16,19). The summed E-state index contributed by atoms with van der Waals surface area (Å²) in [5.74, 6) is 0.0461. The lowest BCUT2D eigenvalue weighted by Crippen LogP contribution is -2.31. The molecular formula is C15H21N5O. The smallest absolute Gasteiger partial charge is 0.147 e. The number of benzene rings is 1. The average molecular weight is 287 g/mol. The van der Waals surface area contributed by atoms with E-state index in [1.165, 1.54) is 0 Å². The van der Waals surface area contributed by atoms with Crippen LogP contribution in [-0.4, -0.2) is 27.4 Å². The van der Waals surface area contributed by atoms with E-state index in [2.05, 4.69) is 15.6 Å². The van der Waals surface area contributed by atoms with E-state index in [9.17, 15) is 0 Å². The second kappa shape index (κ2) is 6.90. The lowest BCUT2D eigenvalue weighted by atomic mass is 9.98. The van der Waals surface area contributed by atoms with Crippen molar-refractivity contribution in [2.75, 3.05) is 6.54 Å². The molecule has 1 heterocycles. The summed E-state index contributed by atoms with van der Waals surface area (Å²) >= 11 is 0. The molecule has 0 aliphatic carbocycles. The summed E-state index contributed by atoms with van der Waals surface area (Å²) in [6, 6.07) is 9.77. The number of nitrogens with two attached hydrogens (primary N) is 1. The summed E-state index contributed by atoms with van der Waals surface area (Å²) in [5.41, 5.74) is 9.09. The van der Waals surface area contributed by atoms with Gasteiger partial charge in [-0.3, -0.25) is 4.68 Å². The van der Waals surface area contributed by atoms with Crippen LogP contribution >= 0.6 is 0 Å². The second-order valence-electron chi connectivity index (χ2n) is 5.00. The highest BCUT2D eigenvalue weighted by Crippen LogP contribution is 2.15. The van der Waals surface area contributed by atoms with Crippen LogP contribution in [-0.2, 0) is 13.6 Å². The Hall–Kier alpha value is -2.34. The van der Waals surface area contributed by atoms with Crippen molar-refractivity contribution in [1.29, 1.82) is 0 Å². The van der Waals surface area contributed by atoms with Gasteiger partial charge in [-0.15, -0.1) is 0 Å². The monoisotopic (exact) mass is 287 g/mol. The Morgan fingerprint density at radius 1 is 1.43 bits per heavy atom. The van der Waals surface area contributed by atoms with Crippen molar-refractivity contribution in [2.24, 2.45) is 17.9 Å². The number of rotatable bonds is 6. The third-order valence-electron chi connectivity index (χ3n) is 3.68. The van der Waals surface area contributed by atoms with E-state index in [0.717, 1.165) is 16.8 Å². The van der Waals surface area contributed by atoms with Crippen LogP contribution in [0.3, 0.4) is 0 Å². The van der Waals surface area contributed by atoms with Gasteiger partial charge in [0.25, 0.3) is 0 Å². The van der Waals surface area contributed by atoms with Crippen LogP contribution in [0.2, 0.25) is 0 Å². The SMILES string of the molecule is Cc1c(CNCC(/C(N)=N/O)c2ccccc2)cnn1C. The normalized spacial score (nSPS) is 13.3. The summed E-state index contributed by atoms with van der Waals surface area (Å²) in [4.78, 5) is 0. The van der Waals surface area contributed by atoms with E-state index in [1.54, 1.807) is 0 Å². The summed E-state index contributed by atoms with van der Waals surface area (Å²) < 4.78 is 1.84. The Morgan fingerprint density at radius 3 is 2.71 bits per heavy atom. The zero-order valence-electron chi connectivity index (χ0n) is 12.3. The molecule has 0 spiro atoms. The average Bonchev–Trinajstić information content (AvgIpc) is 2.83. The van der Waals surface area contributed by atoms with Gasteiger partial charge in [-0.25, -0.2) is 0 Å². The van der Waals surface area contributed by atoms with E-state index in [0.29, 0.717) is 13.1 Å². The van der Waals surface area contributed by atoms with Crippen LogP contribution in [0.1, 0.15) is 22.7 Å². The van der Waals surface area contributed by atoms with Crippen molar-refractivity contribution in [2.45, 2.75) is 19.4 Å². The molecular weight excluding hydrogens is 266 g/mol. The van der Waals surface area contributed by atoms with Crippen molar-refractivity contribution in [3.63, 3.8) is 0 Å². The largest absolute Gasteiger partial charge is 0.409 e. The number of hydrogen-bond acceptors (Lipinski definition) is 4. The summed E-state index contributed by atoms with van der Waals surface area (Å²) in [5, 5.41) is 19.7. The maximum Gasteiger partial charge on any atom is 0.147 e. The van der Waals surface area contributed by atoms with Crippen LogP contribution in [0.4, 0.5) is 0 Å². The van der Waals surface area contributed by atoms with Gasteiger partial charge in [0.15, 0.2) is 0 Å². The molecule has 6 heteroatoms. The molecule has 0 radical (unpaired) electrons. The number of hydrogen-bond donors (Lipinski definition) is 3. The van der Waals surface area contributed by atoms with Crippen LogP contribution < -0.4 is 11.1 Å². The van der Waals surface area contributed by atoms with Gasteiger partial charge < -0.3 is 16.3 Å². The van der Waals surface area contributed by atoms with E-state index in [4.69, 9.17) is 10.9 Å². The first-order valence-electron chi connectivity index (χ1n) is 6.84. The highest BCUT2D eigenvalue weighted by molar-refractivity contribution is 5.87. The topological polar surface area (TPSA) is 88.5 Å². The van der Waals surface area contributed by atoms with Crippen molar-refractivity contribution in [3.05, 3.63) is 53.3 Å². The van der Waals surface area contributed by atoms with Gasteiger partial charge in [0.05, 0.1) is 12.1 Å². The predicted octanol–water partition coefficient (Wildman–Crippen LogP) is 1.35. The number of nitrogens with one attached hydrogen (secondary N) is 1. The quantitative estimate of drug-likeness (QED) is 0.324. The molecule has 1 aromatic heterocycles. The molecule has 112 valence electrons. The van der Waals surface area contributed by atoms with E-state index < -0.39 is 0 Å². The first kappa shape index (κ1) is 15.1. The summed E-state index contributed by atoms with van der Waals surface area (Å²) in [7, 11) is 1.92. The van der Waals surface area contributed by atoms with Crippen LogP contribution in [0.5, 0.6) is 0 Å². The molecule has 1 aromatic carbocycles. The summed E-state index contributed by atoms with van der Waals surface area (Å²) in [6.45, 7) is 3.32. The molecule has 0 saturated heterocycles. The van der Waals surface area contributed by atoms with Gasteiger partial charge in [0, 0.05) is 31.4 Å². The Morgan fingerprint density at radius 2 is 2.14 bits per heavy atom. The number of oxime groups is 1. The highest BCUT2D eigenvalue weighted by Gasteiger charge is 2.16. The van der Waals surface area contributed by atoms with Crippen LogP contribution in [0.15, 0.2) is 41.7 Å². The molecule has 21 heavy (non-hydrogen) atoms. The molecule has 2 rings (SSSR count). The zero-order chi connectivity index (χ0) is 15.2. The van der Waals surface area contributed by atoms with Crippen molar-refractivity contribution in [3.8, 4) is 0 Å². The number of amidine groups is 1. The van der Waals surface area contributed by atoms with Gasteiger partial charge in [0.1, 0.15) is 5.84 Å². The van der Waals surface area contributed by atoms with Crippen molar-refractivity contribution in [1.82, 2.24) is 15.1 Å². The molecule has 6 nitrogen and oxygen atoms in total. The summed E-state index contributed by atoms with van der Waals surface area (Å²) in [6.07, 6.45) is 1.85. The van der Waals surface area contributed by atoms with Gasteiger partial charge in [0.2, 0.25) is 0 Å². The van der Waals surface area contributed by atoms with Crippen molar-refractivity contribution >= 4 is 5.84 Å². The minimum Gasteiger partial charge on any atom is -0.409 e. The van der Waals surface area contributed by atoms with E-state index >= 15 is 0 Å². The highest BCUT2D eigenvalue weighted by atomic mass is 16.4. The molecule has 0 aliphatic rings. The molecule has 2 aromatic rings. The second-order valence-corrected chi connectivity index (χ2v) is 5.00. The first-order valence-corrected chi connectivity index (χ1v) is 6.84. The van der Waals surface area contributed by atoms with Gasteiger partial charge in [-0.2, -0.15) is 5.10 Å². The molecule has 0 bridgehead atoms. The third kappa shape index (κ3) is 3.61. The maximum absolute atomic E-state index is 8.95. The van der Waals surface area contributed by atoms with Crippen LogP contribution in [0, 0.1) is 6.92 Å². The fourth-order valence-electron chi connectivity index (χ4n) is 2.22. The van der Waals surface area contributed by atoms with Crippen molar-refractivity contribution < 1.29 is 5.21 Å². The molecule has 1 atom stereocenters. The zero-order valence-corrected chi connectivity index (χ0v) is 12.3. The lowest BCUT2D eigenvalue weighted by molar-refractivity contribution is 0.315. The Bertz CT molecular complexity index is 606. The first-order chi connectivity index (χ1) is 10.1. The lowest BCUT2D eigenvalue weighted by Gasteiger charge is -2.16. The maximum atomic E-state index is 8.95. The molecule has 0 fully saturated rings. The minimum atomic E-state index is -0.159. The molecule has 1 unspecified atom stereocenters. The van der Waals surface area contributed by atoms with Gasteiger partial charge in [-0.1, -0.05) is 35.5 Å². The minimum absolute atomic E-state index is 0.159. The molecule has 0 saturated carbocycles.